The van der Waals surface area contributed by atoms with Gasteiger partial charge in [0.15, 0.2) is 0 Å². The first-order chi connectivity index (χ1) is 8.56. The minimum atomic E-state index is -0.263. The quantitative estimate of drug-likeness (QED) is 0.941. The van der Waals surface area contributed by atoms with E-state index in [0.29, 0.717) is 11.0 Å². The number of hydrogen-bond acceptors (Lipinski definition) is 3. The van der Waals surface area contributed by atoms with E-state index in [1.165, 1.54) is 6.07 Å². The van der Waals surface area contributed by atoms with Gasteiger partial charge in [-0.1, -0.05) is 6.07 Å². The average Bonchev–Trinajstić information content (AvgIpc) is 2.34. The molecule has 0 amide bonds. The largest absolute Gasteiger partial charge is 0.364 e. The number of anilines is 1. The van der Waals surface area contributed by atoms with Gasteiger partial charge in [-0.15, -0.1) is 0 Å². The van der Waals surface area contributed by atoms with Crippen LogP contribution in [0.5, 0.6) is 0 Å². The standard InChI is InChI=1S/C13H13BrFN3/c1-8-6-16-9(2)13(18-8)17-7-10-3-4-11(14)12(15)5-10/h3-6H,7H2,1-2H3,(H,17,18). The van der Waals surface area contributed by atoms with Crippen LogP contribution in [-0.2, 0) is 6.54 Å². The Labute approximate surface area is 114 Å². The predicted molar refractivity (Wildman–Crippen MR) is 72.9 cm³/mol. The Bertz CT molecular complexity index is 572. The van der Waals surface area contributed by atoms with Crippen LogP contribution in [0, 0.1) is 19.7 Å². The van der Waals surface area contributed by atoms with Crippen molar-refractivity contribution in [1.82, 2.24) is 9.97 Å². The van der Waals surface area contributed by atoms with E-state index in [-0.39, 0.29) is 5.82 Å². The molecule has 1 heterocycles. The van der Waals surface area contributed by atoms with E-state index in [9.17, 15) is 4.39 Å². The normalized spacial score (nSPS) is 10.4. The van der Waals surface area contributed by atoms with Crippen LogP contribution in [0.3, 0.4) is 0 Å². The van der Waals surface area contributed by atoms with Crippen LogP contribution in [0.4, 0.5) is 10.2 Å². The third-order valence-electron chi connectivity index (χ3n) is 2.52. The second-order valence-corrected chi connectivity index (χ2v) is 4.90. The summed E-state index contributed by atoms with van der Waals surface area (Å²) in [5.41, 5.74) is 2.54. The van der Waals surface area contributed by atoms with E-state index in [1.807, 2.05) is 19.9 Å². The smallest absolute Gasteiger partial charge is 0.148 e. The molecule has 1 aromatic heterocycles. The zero-order valence-electron chi connectivity index (χ0n) is 10.2. The Hall–Kier alpha value is -1.49. The first-order valence-electron chi connectivity index (χ1n) is 5.54. The molecule has 1 N–H and O–H groups in total. The molecule has 0 aliphatic heterocycles. The summed E-state index contributed by atoms with van der Waals surface area (Å²) >= 11 is 3.13. The van der Waals surface area contributed by atoms with Crippen molar-refractivity contribution < 1.29 is 4.39 Å². The summed E-state index contributed by atoms with van der Waals surface area (Å²) in [4.78, 5) is 8.57. The van der Waals surface area contributed by atoms with Crippen molar-refractivity contribution in [3.8, 4) is 0 Å². The molecule has 0 unspecified atom stereocenters. The first-order valence-corrected chi connectivity index (χ1v) is 6.33. The van der Waals surface area contributed by atoms with Gasteiger partial charge in [0, 0.05) is 12.7 Å². The molecule has 2 aromatic rings. The zero-order chi connectivity index (χ0) is 13.1. The number of halogens is 2. The molecule has 0 saturated heterocycles. The number of nitrogens with zero attached hydrogens (tertiary/aromatic N) is 2. The van der Waals surface area contributed by atoms with Crippen molar-refractivity contribution in [2.75, 3.05) is 5.32 Å². The molecule has 0 fully saturated rings. The third-order valence-corrected chi connectivity index (χ3v) is 3.16. The molecule has 0 atom stereocenters. The molecular formula is C13H13BrFN3. The monoisotopic (exact) mass is 309 g/mol. The summed E-state index contributed by atoms with van der Waals surface area (Å²) < 4.78 is 13.8. The minimum Gasteiger partial charge on any atom is -0.364 e. The molecule has 0 saturated carbocycles. The Morgan fingerprint density at radius 2 is 2.11 bits per heavy atom. The van der Waals surface area contributed by atoms with Gasteiger partial charge in [-0.25, -0.2) is 9.37 Å². The molecule has 3 nitrogen and oxygen atoms in total. The van der Waals surface area contributed by atoms with E-state index in [2.05, 4.69) is 31.2 Å². The van der Waals surface area contributed by atoms with Gasteiger partial charge in [-0.2, -0.15) is 0 Å². The van der Waals surface area contributed by atoms with Crippen LogP contribution >= 0.6 is 15.9 Å². The summed E-state index contributed by atoms with van der Waals surface area (Å²) in [5, 5.41) is 3.16. The maximum Gasteiger partial charge on any atom is 0.148 e. The highest BCUT2D eigenvalue weighted by Crippen LogP contribution is 2.17. The number of rotatable bonds is 3. The van der Waals surface area contributed by atoms with Gasteiger partial charge >= 0.3 is 0 Å². The molecule has 0 aliphatic carbocycles. The molecule has 18 heavy (non-hydrogen) atoms. The highest BCUT2D eigenvalue weighted by atomic mass is 79.9. The van der Waals surface area contributed by atoms with Crippen LogP contribution in [-0.4, -0.2) is 9.97 Å². The summed E-state index contributed by atoms with van der Waals surface area (Å²) in [5.74, 6) is 0.472. The highest BCUT2D eigenvalue weighted by Gasteiger charge is 2.04. The summed E-state index contributed by atoms with van der Waals surface area (Å²) in [7, 11) is 0. The van der Waals surface area contributed by atoms with E-state index >= 15 is 0 Å². The number of aryl methyl sites for hydroxylation is 2. The molecule has 0 aliphatic rings. The molecule has 94 valence electrons. The molecule has 5 heteroatoms. The van der Waals surface area contributed by atoms with Crippen LogP contribution in [0.2, 0.25) is 0 Å². The lowest BCUT2D eigenvalue weighted by Gasteiger charge is -2.09. The molecule has 2 rings (SSSR count). The summed E-state index contributed by atoms with van der Waals surface area (Å²) in [6.07, 6.45) is 1.72. The Kier molecular flexibility index (Phi) is 3.91. The van der Waals surface area contributed by atoms with Crippen LogP contribution in [0.15, 0.2) is 28.9 Å². The van der Waals surface area contributed by atoms with Gasteiger partial charge in [0.1, 0.15) is 11.6 Å². The fraction of sp³-hybridized carbons (Fsp3) is 0.231. The number of aromatic nitrogens is 2. The maximum atomic E-state index is 13.3. The zero-order valence-corrected chi connectivity index (χ0v) is 11.8. The second kappa shape index (κ2) is 5.44. The summed E-state index contributed by atoms with van der Waals surface area (Å²) in [6, 6.07) is 5.05. The number of nitrogens with one attached hydrogen (secondary N) is 1. The lowest BCUT2D eigenvalue weighted by Crippen LogP contribution is -2.05. The van der Waals surface area contributed by atoms with E-state index in [0.717, 1.165) is 22.8 Å². The van der Waals surface area contributed by atoms with Crippen molar-refractivity contribution in [3.05, 3.63) is 51.6 Å². The van der Waals surface area contributed by atoms with Crippen molar-refractivity contribution in [3.63, 3.8) is 0 Å². The SMILES string of the molecule is Cc1cnc(C)c(NCc2ccc(Br)c(F)c2)n1. The van der Waals surface area contributed by atoms with Crippen LogP contribution < -0.4 is 5.32 Å². The molecule has 0 spiro atoms. The topological polar surface area (TPSA) is 37.8 Å². The molecule has 1 aromatic carbocycles. The van der Waals surface area contributed by atoms with Gasteiger partial charge in [0.2, 0.25) is 0 Å². The summed E-state index contributed by atoms with van der Waals surface area (Å²) in [6.45, 7) is 4.29. The van der Waals surface area contributed by atoms with Crippen molar-refractivity contribution in [1.29, 1.82) is 0 Å². The Balaban J connectivity index is 2.11. The number of hydrogen-bond donors (Lipinski definition) is 1. The predicted octanol–water partition coefficient (Wildman–Crippen LogP) is 3.61. The van der Waals surface area contributed by atoms with E-state index < -0.39 is 0 Å². The average molecular weight is 310 g/mol. The Morgan fingerprint density at radius 3 is 2.83 bits per heavy atom. The third kappa shape index (κ3) is 3.04. The van der Waals surface area contributed by atoms with E-state index in [4.69, 9.17) is 0 Å². The molecule has 0 radical (unpaired) electrons. The van der Waals surface area contributed by atoms with Crippen molar-refractivity contribution in [2.45, 2.75) is 20.4 Å². The van der Waals surface area contributed by atoms with Gasteiger partial charge < -0.3 is 5.32 Å². The van der Waals surface area contributed by atoms with Gasteiger partial charge in [-0.3, -0.25) is 4.98 Å². The fourth-order valence-corrected chi connectivity index (χ4v) is 1.79. The van der Waals surface area contributed by atoms with Crippen molar-refractivity contribution >= 4 is 21.7 Å². The Morgan fingerprint density at radius 1 is 1.33 bits per heavy atom. The van der Waals surface area contributed by atoms with Gasteiger partial charge in [0.25, 0.3) is 0 Å². The minimum absolute atomic E-state index is 0.263. The number of benzene rings is 1. The maximum absolute atomic E-state index is 13.3. The second-order valence-electron chi connectivity index (χ2n) is 4.05. The van der Waals surface area contributed by atoms with Crippen molar-refractivity contribution in [2.24, 2.45) is 0 Å². The highest BCUT2D eigenvalue weighted by molar-refractivity contribution is 9.10. The van der Waals surface area contributed by atoms with Crippen LogP contribution in [0.25, 0.3) is 0 Å². The van der Waals surface area contributed by atoms with Gasteiger partial charge in [-0.05, 0) is 47.5 Å². The lowest BCUT2D eigenvalue weighted by molar-refractivity contribution is 0.619. The molecule has 0 bridgehead atoms. The molecular weight excluding hydrogens is 297 g/mol. The van der Waals surface area contributed by atoms with Gasteiger partial charge in [0.05, 0.1) is 15.9 Å². The fourth-order valence-electron chi connectivity index (χ4n) is 1.54. The van der Waals surface area contributed by atoms with E-state index in [1.54, 1.807) is 12.3 Å². The first kappa shape index (κ1) is 13.0. The lowest BCUT2D eigenvalue weighted by atomic mass is 10.2. The van der Waals surface area contributed by atoms with Crippen LogP contribution in [0.1, 0.15) is 17.0 Å².